The Hall–Kier alpha value is -1.66. The molecule has 0 bridgehead atoms. The lowest BCUT2D eigenvalue weighted by molar-refractivity contribution is -0.384. The second kappa shape index (κ2) is 7.07. The standard InChI is InChI=1S/C16H24N4O2/c21-20(22)16-10-4-3-9-15(16)19(17-11-5-1-6-12-17)18-13-7-2-8-14-18/h3-4,9-10H,1-2,5-8,11-14H2. The van der Waals surface area contributed by atoms with Crippen LogP contribution in [0.5, 0.6) is 0 Å². The second-order valence-electron chi connectivity index (χ2n) is 6.06. The first-order valence-electron chi connectivity index (χ1n) is 8.30. The van der Waals surface area contributed by atoms with E-state index < -0.39 is 0 Å². The average molecular weight is 304 g/mol. The van der Waals surface area contributed by atoms with Crippen LogP contribution < -0.4 is 5.12 Å². The highest BCUT2D eigenvalue weighted by molar-refractivity contribution is 5.61. The van der Waals surface area contributed by atoms with Gasteiger partial charge in [0.15, 0.2) is 0 Å². The van der Waals surface area contributed by atoms with Crippen LogP contribution in [0, 0.1) is 10.1 Å². The number of piperidine rings is 2. The summed E-state index contributed by atoms with van der Waals surface area (Å²) in [5.74, 6) is 0. The van der Waals surface area contributed by atoms with Gasteiger partial charge in [-0.3, -0.25) is 10.1 Å². The van der Waals surface area contributed by atoms with Crippen LogP contribution in [0.25, 0.3) is 0 Å². The smallest absolute Gasteiger partial charge is 0.258 e. The van der Waals surface area contributed by atoms with Gasteiger partial charge in [0.25, 0.3) is 5.69 Å². The maximum absolute atomic E-state index is 11.4. The first-order chi connectivity index (χ1) is 10.8. The predicted molar refractivity (Wildman–Crippen MR) is 86.4 cm³/mol. The highest BCUT2D eigenvalue weighted by Crippen LogP contribution is 2.32. The molecule has 6 heteroatoms. The van der Waals surface area contributed by atoms with Crippen molar-refractivity contribution in [2.45, 2.75) is 38.5 Å². The summed E-state index contributed by atoms with van der Waals surface area (Å²) in [4.78, 5) is 11.2. The zero-order valence-electron chi connectivity index (χ0n) is 13.0. The van der Waals surface area contributed by atoms with Gasteiger partial charge in [0.2, 0.25) is 0 Å². The van der Waals surface area contributed by atoms with Gasteiger partial charge in [-0.2, -0.15) is 0 Å². The van der Waals surface area contributed by atoms with Crippen molar-refractivity contribution in [3.05, 3.63) is 34.4 Å². The van der Waals surface area contributed by atoms with Gasteiger partial charge >= 0.3 is 0 Å². The highest BCUT2D eigenvalue weighted by atomic mass is 16.6. The molecule has 0 amide bonds. The first kappa shape index (κ1) is 15.2. The van der Waals surface area contributed by atoms with Gasteiger partial charge in [-0.05, 0) is 31.7 Å². The van der Waals surface area contributed by atoms with E-state index in [-0.39, 0.29) is 10.6 Å². The van der Waals surface area contributed by atoms with E-state index in [1.165, 1.54) is 12.8 Å². The van der Waals surface area contributed by atoms with E-state index >= 15 is 0 Å². The molecule has 22 heavy (non-hydrogen) atoms. The molecule has 0 spiro atoms. The summed E-state index contributed by atoms with van der Waals surface area (Å²) in [5.41, 5.74) is 0.898. The largest absolute Gasteiger partial charge is 0.295 e. The average Bonchev–Trinajstić information content (AvgIpc) is 2.57. The monoisotopic (exact) mass is 304 g/mol. The van der Waals surface area contributed by atoms with Crippen LogP contribution in [0.15, 0.2) is 24.3 Å². The van der Waals surface area contributed by atoms with Crippen molar-refractivity contribution in [2.24, 2.45) is 0 Å². The van der Waals surface area contributed by atoms with Gasteiger partial charge in [0.05, 0.1) is 4.92 Å². The molecule has 0 aromatic heterocycles. The van der Waals surface area contributed by atoms with Crippen LogP contribution >= 0.6 is 0 Å². The predicted octanol–water partition coefficient (Wildman–Crippen LogP) is 3.20. The summed E-state index contributed by atoms with van der Waals surface area (Å²) in [6, 6.07) is 7.12. The van der Waals surface area contributed by atoms with Crippen molar-refractivity contribution < 1.29 is 4.92 Å². The van der Waals surface area contributed by atoms with Crippen molar-refractivity contribution >= 4 is 11.4 Å². The molecule has 0 saturated carbocycles. The summed E-state index contributed by atoms with van der Waals surface area (Å²) in [6.45, 7) is 3.90. The minimum absolute atomic E-state index is 0.193. The summed E-state index contributed by atoms with van der Waals surface area (Å²) in [7, 11) is 0. The fraction of sp³-hybridized carbons (Fsp3) is 0.625. The number of nitro groups is 1. The van der Waals surface area contributed by atoms with E-state index in [2.05, 4.69) is 15.1 Å². The number of rotatable bonds is 4. The molecule has 0 radical (unpaired) electrons. The highest BCUT2D eigenvalue weighted by Gasteiger charge is 2.30. The molecule has 2 fully saturated rings. The Labute approximate surface area is 131 Å². The van der Waals surface area contributed by atoms with Crippen molar-refractivity contribution in [2.75, 3.05) is 31.3 Å². The fourth-order valence-electron chi connectivity index (χ4n) is 3.40. The molecule has 6 nitrogen and oxygen atoms in total. The second-order valence-corrected chi connectivity index (χ2v) is 6.06. The Morgan fingerprint density at radius 1 is 0.864 bits per heavy atom. The summed E-state index contributed by atoms with van der Waals surface area (Å²) in [5, 5.41) is 18.1. The third kappa shape index (κ3) is 3.23. The van der Waals surface area contributed by atoms with E-state index in [9.17, 15) is 10.1 Å². The van der Waals surface area contributed by atoms with Gasteiger partial charge in [0, 0.05) is 32.2 Å². The zero-order chi connectivity index (χ0) is 15.4. The number of hydrogen-bond donors (Lipinski definition) is 0. The Morgan fingerprint density at radius 3 is 1.86 bits per heavy atom. The number of hydrazine groups is 2. The number of nitrogens with zero attached hydrogens (tertiary/aromatic N) is 4. The van der Waals surface area contributed by atoms with Crippen LogP contribution in [0.3, 0.4) is 0 Å². The third-order valence-corrected chi connectivity index (χ3v) is 4.49. The molecule has 0 atom stereocenters. The van der Waals surface area contributed by atoms with Crippen molar-refractivity contribution in [3.8, 4) is 0 Å². The SMILES string of the molecule is O=[N+]([O-])c1ccccc1N(N1CCCCC1)N1CCCCC1. The van der Waals surface area contributed by atoms with E-state index in [4.69, 9.17) is 0 Å². The van der Waals surface area contributed by atoms with Gasteiger partial charge in [-0.25, -0.2) is 15.1 Å². The summed E-state index contributed by atoms with van der Waals surface area (Å²) < 4.78 is 0. The van der Waals surface area contributed by atoms with E-state index in [0.717, 1.165) is 51.9 Å². The topological polar surface area (TPSA) is 52.9 Å². The molecule has 3 rings (SSSR count). The van der Waals surface area contributed by atoms with E-state index in [1.807, 2.05) is 12.1 Å². The molecule has 120 valence electrons. The van der Waals surface area contributed by atoms with E-state index in [0.29, 0.717) is 5.69 Å². The Morgan fingerprint density at radius 2 is 1.36 bits per heavy atom. The molecule has 1 aromatic carbocycles. The lowest BCUT2D eigenvalue weighted by Crippen LogP contribution is -2.56. The third-order valence-electron chi connectivity index (χ3n) is 4.49. The molecule has 0 N–H and O–H groups in total. The number of para-hydroxylation sites is 2. The number of anilines is 1. The Kier molecular flexibility index (Phi) is 4.90. The minimum atomic E-state index is -0.268. The van der Waals surface area contributed by atoms with Crippen molar-refractivity contribution in [3.63, 3.8) is 0 Å². The van der Waals surface area contributed by atoms with Gasteiger partial charge < -0.3 is 0 Å². The number of benzene rings is 1. The quantitative estimate of drug-likeness (QED) is 0.631. The van der Waals surface area contributed by atoms with Crippen LogP contribution in [-0.2, 0) is 0 Å². The molecule has 2 aliphatic heterocycles. The van der Waals surface area contributed by atoms with Gasteiger partial charge in [0.1, 0.15) is 5.69 Å². The van der Waals surface area contributed by atoms with Gasteiger partial charge in [-0.15, -0.1) is 0 Å². The van der Waals surface area contributed by atoms with Crippen LogP contribution in [0.4, 0.5) is 11.4 Å². The maximum Gasteiger partial charge on any atom is 0.295 e. The van der Waals surface area contributed by atoms with Crippen LogP contribution in [-0.4, -0.2) is 41.1 Å². The lowest BCUT2D eigenvalue weighted by atomic mass is 10.1. The minimum Gasteiger partial charge on any atom is -0.258 e. The number of nitro benzene ring substituents is 1. The molecular weight excluding hydrogens is 280 g/mol. The van der Waals surface area contributed by atoms with Crippen LogP contribution in [0.1, 0.15) is 38.5 Å². The Balaban J connectivity index is 1.95. The lowest BCUT2D eigenvalue weighted by Gasteiger charge is -2.46. The van der Waals surface area contributed by atoms with Crippen LogP contribution in [0.2, 0.25) is 0 Å². The maximum atomic E-state index is 11.4. The van der Waals surface area contributed by atoms with Crippen molar-refractivity contribution in [1.82, 2.24) is 10.0 Å². The fourth-order valence-corrected chi connectivity index (χ4v) is 3.40. The molecular formula is C16H24N4O2. The molecule has 2 aliphatic rings. The molecule has 0 unspecified atom stereocenters. The molecule has 0 aliphatic carbocycles. The van der Waals surface area contributed by atoms with Crippen molar-refractivity contribution in [1.29, 1.82) is 0 Å². The summed E-state index contributed by atoms with van der Waals surface area (Å²) in [6.07, 6.45) is 7.13. The first-order valence-corrected chi connectivity index (χ1v) is 8.30. The van der Waals surface area contributed by atoms with E-state index in [1.54, 1.807) is 12.1 Å². The molecule has 1 aromatic rings. The Bertz CT molecular complexity index is 493. The van der Waals surface area contributed by atoms with Gasteiger partial charge in [-0.1, -0.05) is 25.0 Å². The number of hydrogen-bond acceptors (Lipinski definition) is 5. The summed E-state index contributed by atoms with van der Waals surface area (Å²) >= 11 is 0. The zero-order valence-corrected chi connectivity index (χ0v) is 13.0. The molecule has 2 saturated heterocycles. The normalized spacial score (nSPS) is 20.7. The molecule has 2 heterocycles.